The Morgan fingerprint density at radius 3 is 2.93 bits per heavy atom. The maximum absolute atomic E-state index is 6.05. The Bertz CT molecular complexity index is 235. The van der Waals surface area contributed by atoms with Crippen molar-refractivity contribution in [2.45, 2.75) is 25.8 Å². The van der Waals surface area contributed by atoms with Crippen LogP contribution in [0, 0.1) is 5.92 Å². The number of methoxy groups -OCH3 is 1. The van der Waals surface area contributed by atoms with Crippen LogP contribution in [0.2, 0.25) is 0 Å². The van der Waals surface area contributed by atoms with E-state index in [1.807, 2.05) is 0 Å². The molecule has 0 spiro atoms. The van der Waals surface area contributed by atoms with Gasteiger partial charge in [-0.1, -0.05) is 13.0 Å². The van der Waals surface area contributed by atoms with Gasteiger partial charge in [-0.05, 0) is 30.2 Å². The molecule has 0 amide bonds. The third-order valence-electron chi connectivity index (χ3n) is 2.20. The summed E-state index contributed by atoms with van der Waals surface area (Å²) in [6.07, 6.45) is 2.03. The molecule has 0 aromatic carbocycles. The van der Waals surface area contributed by atoms with E-state index >= 15 is 0 Å². The van der Waals surface area contributed by atoms with E-state index in [1.54, 1.807) is 18.4 Å². The molecule has 0 aliphatic heterocycles. The van der Waals surface area contributed by atoms with Crippen LogP contribution in [0.25, 0.3) is 0 Å². The van der Waals surface area contributed by atoms with Gasteiger partial charge < -0.3 is 10.5 Å². The predicted octanol–water partition coefficient (Wildman–Crippen LogP) is 2.29. The fourth-order valence-corrected chi connectivity index (χ4v) is 2.44. The second-order valence-electron chi connectivity index (χ2n) is 3.84. The summed E-state index contributed by atoms with van der Waals surface area (Å²) in [6, 6.07) is 4.48. The quantitative estimate of drug-likeness (QED) is 0.787. The summed E-state index contributed by atoms with van der Waals surface area (Å²) in [4.78, 5) is 1.38. The smallest absolute Gasteiger partial charge is 0.0488 e. The lowest BCUT2D eigenvalue weighted by Gasteiger charge is -2.15. The molecule has 14 heavy (non-hydrogen) atoms. The van der Waals surface area contributed by atoms with Crippen LogP contribution in [-0.2, 0) is 11.2 Å². The molecule has 1 aromatic heterocycles. The molecular formula is C11H19NOS. The molecule has 1 aromatic rings. The van der Waals surface area contributed by atoms with Gasteiger partial charge in [0.25, 0.3) is 0 Å². The van der Waals surface area contributed by atoms with Crippen molar-refractivity contribution in [3.8, 4) is 0 Å². The molecule has 0 aliphatic rings. The van der Waals surface area contributed by atoms with Crippen molar-refractivity contribution in [3.63, 3.8) is 0 Å². The first-order valence-electron chi connectivity index (χ1n) is 4.99. The zero-order valence-electron chi connectivity index (χ0n) is 8.90. The molecule has 1 heterocycles. The molecule has 0 aliphatic carbocycles. The molecule has 0 bridgehead atoms. The minimum absolute atomic E-state index is 0.263. The van der Waals surface area contributed by atoms with Crippen LogP contribution >= 0.6 is 11.3 Å². The van der Waals surface area contributed by atoms with Crippen molar-refractivity contribution in [1.29, 1.82) is 0 Å². The van der Waals surface area contributed by atoms with Gasteiger partial charge in [-0.15, -0.1) is 11.3 Å². The van der Waals surface area contributed by atoms with E-state index in [9.17, 15) is 0 Å². The Balaban J connectivity index is 2.25. The first-order chi connectivity index (χ1) is 6.72. The topological polar surface area (TPSA) is 35.2 Å². The van der Waals surface area contributed by atoms with Crippen LogP contribution in [0.4, 0.5) is 0 Å². The number of thiophene rings is 1. The second kappa shape index (κ2) is 6.17. The van der Waals surface area contributed by atoms with Gasteiger partial charge in [0.05, 0.1) is 0 Å². The summed E-state index contributed by atoms with van der Waals surface area (Å²) in [6.45, 7) is 2.98. The highest BCUT2D eigenvalue weighted by Gasteiger charge is 2.09. The lowest BCUT2D eigenvalue weighted by Crippen LogP contribution is -2.26. The second-order valence-corrected chi connectivity index (χ2v) is 4.87. The van der Waals surface area contributed by atoms with Crippen LogP contribution < -0.4 is 5.73 Å². The van der Waals surface area contributed by atoms with Gasteiger partial charge in [0.1, 0.15) is 0 Å². The summed E-state index contributed by atoms with van der Waals surface area (Å²) in [5.74, 6) is 0.551. The normalized spacial score (nSPS) is 15.4. The van der Waals surface area contributed by atoms with Crippen LogP contribution in [0.3, 0.4) is 0 Å². The molecule has 2 N–H and O–H groups in total. The van der Waals surface area contributed by atoms with Gasteiger partial charge in [0, 0.05) is 24.6 Å². The van der Waals surface area contributed by atoms with Crippen molar-refractivity contribution < 1.29 is 4.74 Å². The van der Waals surface area contributed by atoms with Gasteiger partial charge in [-0.25, -0.2) is 0 Å². The summed E-state index contributed by atoms with van der Waals surface area (Å²) < 4.78 is 5.09. The molecule has 0 radical (unpaired) electrons. The van der Waals surface area contributed by atoms with Crippen molar-refractivity contribution in [2.75, 3.05) is 13.7 Å². The summed E-state index contributed by atoms with van der Waals surface area (Å²) in [7, 11) is 1.74. The SMILES string of the molecule is COCC(C)CC(N)Cc1cccs1. The Labute approximate surface area is 90.1 Å². The van der Waals surface area contributed by atoms with Gasteiger partial charge in [0.2, 0.25) is 0 Å². The molecule has 0 saturated carbocycles. The van der Waals surface area contributed by atoms with E-state index in [0.717, 1.165) is 19.4 Å². The Kier molecular flexibility index (Phi) is 5.15. The Morgan fingerprint density at radius 2 is 2.36 bits per heavy atom. The number of hydrogen-bond donors (Lipinski definition) is 1. The Morgan fingerprint density at radius 1 is 1.57 bits per heavy atom. The first-order valence-corrected chi connectivity index (χ1v) is 5.87. The van der Waals surface area contributed by atoms with E-state index in [2.05, 4.69) is 24.4 Å². The number of ether oxygens (including phenoxy) is 1. The number of hydrogen-bond acceptors (Lipinski definition) is 3. The summed E-state index contributed by atoms with van der Waals surface area (Å²) in [5, 5.41) is 2.10. The van der Waals surface area contributed by atoms with Crippen LogP contribution in [0.5, 0.6) is 0 Å². The molecule has 0 saturated heterocycles. The zero-order valence-corrected chi connectivity index (χ0v) is 9.72. The van der Waals surface area contributed by atoms with Crippen molar-refractivity contribution >= 4 is 11.3 Å². The van der Waals surface area contributed by atoms with Crippen molar-refractivity contribution in [3.05, 3.63) is 22.4 Å². The molecule has 2 atom stereocenters. The van der Waals surface area contributed by atoms with Crippen molar-refractivity contribution in [2.24, 2.45) is 11.7 Å². The molecule has 3 heteroatoms. The largest absolute Gasteiger partial charge is 0.384 e. The molecule has 1 rings (SSSR count). The van der Waals surface area contributed by atoms with E-state index in [-0.39, 0.29) is 6.04 Å². The predicted molar refractivity (Wildman–Crippen MR) is 61.7 cm³/mol. The van der Waals surface area contributed by atoms with Crippen LogP contribution in [0.1, 0.15) is 18.2 Å². The van der Waals surface area contributed by atoms with Crippen LogP contribution in [0.15, 0.2) is 17.5 Å². The van der Waals surface area contributed by atoms with E-state index in [0.29, 0.717) is 5.92 Å². The van der Waals surface area contributed by atoms with Crippen LogP contribution in [-0.4, -0.2) is 19.8 Å². The lowest BCUT2D eigenvalue weighted by molar-refractivity contribution is 0.152. The van der Waals surface area contributed by atoms with E-state index < -0.39 is 0 Å². The Hall–Kier alpha value is -0.380. The average molecular weight is 213 g/mol. The summed E-state index contributed by atoms with van der Waals surface area (Å²) >= 11 is 1.78. The fourth-order valence-electron chi connectivity index (χ4n) is 1.64. The van der Waals surface area contributed by atoms with Crippen molar-refractivity contribution in [1.82, 2.24) is 0 Å². The van der Waals surface area contributed by atoms with Gasteiger partial charge >= 0.3 is 0 Å². The van der Waals surface area contributed by atoms with Gasteiger partial charge in [-0.2, -0.15) is 0 Å². The molecule has 0 fully saturated rings. The first kappa shape index (κ1) is 11.7. The standard InChI is InChI=1S/C11H19NOS/c1-9(8-13-2)6-10(12)7-11-4-3-5-14-11/h3-5,9-10H,6-8,12H2,1-2H3. The maximum Gasteiger partial charge on any atom is 0.0488 e. The molecule has 2 unspecified atom stereocenters. The monoisotopic (exact) mass is 213 g/mol. The summed E-state index contributed by atoms with van der Waals surface area (Å²) in [5.41, 5.74) is 6.05. The minimum atomic E-state index is 0.263. The molecule has 2 nitrogen and oxygen atoms in total. The number of nitrogens with two attached hydrogens (primary N) is 1. The van der Waals surface area contributed by atoms with Gasteiger partial charge in [-0.3, -0.25) is 0 Å². The third kappa shape index (κ3) is 4.22. The average Bonchev–Trinajstić information content (AvgIpc) is 2.56. The fraction of sp³-hybridized carbons (Fsp3) is 0.636. The molecule has 80 valence electrons. The third-order valence-corrected chi connectivity index (χ3v) is 3.10. The number of rotatable bonds is 6. The molecular weight excluding hydrogens is 194 g/mol. The van der Waals surface area contributed by atoms with Gasteiger partial charge in [0.15, 0.2) is 0 Å². The van der Waals surface area contributed by atoms with E-state index in [1.165, 1.54) is 4.88 Å². The lowest BCUT2D eigenvalue weighted by atomic mass is 10.0. The zero-order chi connectivity index (χ0) is 10.4. The highest BCUT2D eigenvalue weighted by molar-refractivity contribution is 7.09. The maximum atomic E-state index is 6.05. The highest BCUT2D eigenvalue weighted by atomic mass is 32.1. The van der Waals surface area contributed by atoms with E-state index in [4.69, 9.17) is 10.5 Å². The minimum Gasteiger partial charge on any atom is -0.384 e. The highest BCUT2D eigenvalue weighted by Crippen LogP contribution is 2.14.